The fraction of sp³-hybridized carbons (Fsp3) is 0.417. The fourth-order valence-corrected chi connectivity index (χ4v) is 1.79. The zero-order chi connectivity index (χ0) is 12.7. The van der Waals surface area contributed by atoms with Crippen LogP contribution in [-0.2, 0) is 16.0 Å². The molecule has 1 unspecified atom stereocenters. The highest BCUT2D eigenvalue weighted by molar-refractivity contribution is 6.31. The highest BCUT2D eigenvalue weighted by Gasteiger charge is 2.12. The van der Waals surface area contributed by atoms with Crippen molar-refractivity contribution < 1.29 is 9.53 Å². The highest BCUT2D eigenvalue weighted by atomic mass is 35.5. The molecule has 0 fully saturated rings. The lowest BCUT2D eigenvalue weighted by Crippen LogP contribution is -2.40. The molecule has 1 rings (SSSR count). The Balaban J connectivity index is 2.52. The Hall–Kier alpha value is -0.770. The molecule has 0 aliphatic heterocycles. The standard InChI is InChI=1S/C12H15Cl2NO2/c1-17-8-10(7-13)15-12(16)6-9-4-2-3-5-11(9)14/h2-5,10H,6-8H2,1H3,(H,15,16). The van der Waals surface area contributed by atoms with Crippen molar-refractivity contribution in [2.75, 3.05) is 19.6 Å². The first kappa shape index (κ1) is 14.3. The van der Waals surface area contributed by atoms with Gasteiger partial charge in [0.1, 0.15) is 0 Å². The lowest BCUT2D eigenvalue weighted by molar-refractivity contribution is -0.121. The lowest BCUT2D eigenvalue weighted by Gasteiger charge is -2.15. The molecule has 17 heavy (non-hydrogen) atoms. The summed E-state index contributed by atoms with van der Waals surface area (Å²) in [6.07, 6.45) is 0.247. The monoisotopic (exact) mass is 275 g/mol. The van der Waals surface area contributed by atoms with E-state index < -0.39 is 0 Å². The number of hydrogen-bond acceptors (Lipinski definition) is 2. The Kier molecular flexibility index (Phi) is 6.34. The maximum atomic E-state index is 11.7. The number of hydrogen-bond donors (Lipinski definition) is 1. The molecule has 0 saturated carbocycles. The van der Waals surface area contributed by atoms with Gasteiger partial charge in [0, 0.05) is 18.0 Å². The molecule has 0 aliphatic rings. The molecule has 0 heterocycles. The Bertz CT molecular complexity index is 371. The Morgan fingerprint density at radius 2 is 2.18 bits per heavy atom. The molecular weight excluding hydrogens is 261 g/mol. The minimum absolute atomic E-state index is 0.110. The summed E-state index contributed by atoms with van der Waals surface area (Å²) in [5.41, 5.74) is 0.803. The summed E-state index contributed by atoms with van der Waals surface area (Å²) in [7, 11) is 1.57. The van der Waals surface area contributed by atoms with Crippen LogP contribution in [0.15, 0.2) is 24.3 Å². The van der Waals surface area contributed by atoms with Gasteiger partial charge in [-0.25, -0.2) is 0 Å². The van der Waals surface area contributed by atoms with Gasteiger partial charge in [0.2, 0.25) is 5.91 Å². The molecule has 94 valence electrons. The van der Waals surface area contributed by atoms with Crippen molar-refractivity contribution in [3.8, 4) is 0 Å². The van der Waals surface area contributed by atoms with Gasteiger partial charge in [-0.15, -0.1) is 11.6 Å². The second-order valence-corrected chi connectivity index (χ2v) is 4.36. The number of rotatable bonds is 6. The first-order chi connectivity index (χ1) is 8.17. The van der Waals surface area contributed by atoms with E-state index in [1.54, 1.807) is 13.2 Å². The van der Waals surface area contributed by atoms with E-state index in [-0.39, 0.29) is 18.4 Å². The van der Waals surface area contributed by atoms with Crippen molar-refractivity contribution in [3.63, 3.8) is 0 Å². The van der Waals surface area contributed by atoms with Crippen LogP contribution in [0.1, 0.15) is 5.56 Å². The molecule has 0 aliphatic carbocycles. The fourth-order valence-electron chi connectivity index (χ4n) is 1.42. The summed E-state index contributed by atoms with van der Waals surface area (Å²) in [5, 5.41) is 3.38. The van der Waals surface area contributed by atoms with Gasteiger partial charge in [0.25, 0.3) is 0 Å². The van der Waals surface area contributed by atoms with Gasteiger partial charge in [0.05, 0.1) is 19.1 Å². The topological polar surface area (TPSA) is 38.3 Å². The third-order valence-corrected chi connectivity index (χ3v) is 2.97. The van der Waals surface area contributed by atoms with E-state index >= 15 is 0 Å². The number of benzene rings is 1. The second kappa shape index (κ2) is 7.54. The van der Waals surface area contributed by atoms with E-state index in [4.69, 9.17) is 27.9 Å². The van der Waals surface area contributed by atoms with Crippen molar-refractivity contribution in [2.24, 2.45) is 0 Å². The second-order valence-electron chi connectivity index (χ2n) is 3.64. The molecule has 1 aromatic rings. The van der Waals surface area contributed by atoms with Gasteiger partial charge in [-0.05, 0) is 11.6 Å². The van der Waals surface area contributed by atoms with Gasteiger partial charge in [-0.2, -0.15) is 0 Å². The summed E-state index contributed by atoms with van der Waals surface area (Å²) >= 11 is 11.7. The molecule has 1 aromatic carbocycles. The number of alkyl halides is 1. The minimum atomic E-state index is -0.170. The minimum Gasteiger partial charge on any atom is -0.383 e. The third kappa shape index (κ3) is 4.94. The molecule has 5 heteroatoms. The molecule has 1 N–H and O–H groups in total. The highest BCUT2D eigenvalue weighted by Crippen LogP contribution is 2.15. The molecule has 0 saturated heterocycles. The maximum Gasteiger partial charge on any atom is 0.224 e. The van der Waals surface area contributed by atoms with E-state index in [2.05, 4.69) is 5.32 Å². The number of methoxy groups -OCH3 is 1. The largest absolute Gasteiger partial charge is 0.383 e. The molecule has 0 radical (unpaired) electrons. The number of carbonyl (C=O) groups excluding carboxylic acids is 1. The summed E-state index contributed by atoms with van der Waals surface area (Å²) in [4.78, 5) is 11.7. The first-order valence-corrected chi connectivity index (χ1v) is 6.16. The molecule has 1 amide bonds. The van der Waals surface area contributed by atoms with Crippen LogP contribution in [-0.4, -0.2) is 31.5 Å². The zero-order valence-electron chi connectivity index (χ0n) is 9.58. The summed E-state index contributed by atoms with van der Waals surface area (Å²) in [6, 6.07) is 7.10. The Morgan fingerprint density at radius 3 is 2.76 bits per heavy atom. The van der Waals surface area contributed by atoms with Gasteiger partial charge in [-0.1, -0.05) is 29.8 Å². The maximum absolute atomic E-state index is 11.7. The number of nitrogens with one attached hydrogen (secondary N) is 1. The predicted molar refractivity (Wildman–Crippen MR) is 69.7 cm³/mol. The average Bonchev–Trinajstić information content (AvgIpc) is 2.31. The molecule has 0 spiro atoms. The normalized spacial score (nSPS) is 12.2. The van der Waals surface area contributed by atoms with Gasteiger partial charge in [0.15, 0.2) is 0 Å². The van der Waals surface area contributed by atoms with Crippen molar-refractivity contribution >= 4 is 29.1 Å². The Morgan fingerprint density at radius 1 is 1.47 bits per heavy atom. The van der Waals surface area contributed by atoms with Crippen LogP contribution >= 0.6 is 23.2 Å². The van der Waals surface area contributed by atoms with Gasteiger partial charge in [-0.3, -0.25) is 4.79 Å². The summed E-state index contributed by atoms with van der Waals surface area (Å²) in [6.45, 7) is 0.401. The van der Waals surface area contributed by atoms with E-state index in [9.17, 15) is 4.79 Å². The van der Waals surface area contributed by atoms with Crippen LogP contribution in [0.25, 0.3) is 0 Å². The molecule has 0 bridgehead atoms. The van der Waals surface area contributed by atoms with Crippen LogP contribution < -0.4 is 5.32 Å². The van der Waals surface area contributed by atoms with Gasteiger partial charge >= 0.3 is 0 Å². The van der Waals surface area contributed by atoms with E-state index in [0.29, 0.717) is 17.5 Å². The van der Waals surface area contributed by atoms with Crippen LogP contribution in [0.3, 0.4) is 0 Å². The van der Waals surface area contributed by atoms with Crippen molar-refractivity contribution in [1.82, 2.24) is 5.32 Å². The summed E-state index contributed by atoms with van der Waals surface area (Å²) < 4.78 is 4.94. The SMILES string of the molecule is COCC(CCl)NC(=O)Cc1ccccc1Cl. The van der Waals surface area contributed by atoms with E-state index in [1.165, 1.54) is 0 Å². The van der Waals surface area contributed by atoms with Crippen molar-refractivity contribution in [3.05, 3.63) is 34.9 Å². The van der Waals surface area contributed by atoms with Crippen LogP contribution in [0.4, 0.5) is 0 Å². The number of carbonyl (C=O) groups is 1. The quantitative estimate of drug-likeness (QED) is 0.809. The van der Waals surface area contributed by atoms with Crippen LogP contribution in [0, 0.1) is 0 Å². The van der Waals surface area contributed by atoms with Gasteiger partial charge < -0.3 is 10.1 Å². The van der Waals surface area contributed by atoms with E-state index in [1.807, 2.05) is 18.2 Å². The smallest absolute Gasteiger partial charge is 0.224 e. The van der Waals surface area contributed by atoms with E-state index in [0.717, 1.165) is 5.56 Å². The molecule has 1 atom stereocenters. The van der Waals surface area contributed by atoms with Crippen LogP contribution in [0.5, 0.6) is 0 Å². The van der Waals surface area contributed by atoms with Crippen LogP contribution in [0.2, 0.25) is 5.02 Å². The lowest BCUT2D eigenvalue weighted by atomic mass is 10.1. The number of amides is 1. The number of ether oxygens (including phenoxy) is 1. The first-order valence-electron chi connectivity index (χ1n) is 5.25. The molecule has 3 nitrogen and oxygen atoms in total. The van der Waals surface area contributed by atoms with Crippen molar-refractivity contribution in [2.45, 2.75) is 12.5 Å². The predicted octanol–water partition coefficient (Wildman–Crippen LogP) is 2.25. The molecular formula is C12H15Cl2NO2. The molecule has 0 aromatic heterocycles. The Labute approximate surface area is 111 Å². The third-order valence-electron chi connectivity index (χ3n) is 2.23. The zero-order valence-corrected chi connectivity index (χ0v) is 11.1. The summed E-state index contributed by atoms with van der Waals surface area (Å²) in [5.74, 6) is 0.211. The number of halogens is 2. The average molecular weight is 276 g/mol. The van der Waals surface area contributed by atoms with Crippen molar-refractivity contribution in [1.29, 1.82) is 0 Å².